The molecule has 0 bridgehead atoms. The number of hydrogen-bond acceptors (Lipinski definition) is 4. The first kappa shape index (κ1) is 18.5. The van der Waals surface area contributed by atoms with Crippen molar-refractivity contribution in [2.45, 2.75) is 33.0 Å². The van der Waals surface area contributed by atoms with E-state index in [0.717, 1.165) is 58.7 Å². The second-order valence-corrected chi connectivity index (χ2v) is 8.78. The van der Waals surface area contributed by atoms with Gasteiger partial charge in [-0.2, -0.15) is 0 Å². The van der Waals surface area contributed by atoms with Gasteiger partial charge in [-0.3, -0.25) is 4.79 Å². The third-order valence-electron chi connectivity index (χ3n) is 6.03. The fourth-order valence-electron chi connectivity index (χ4n) is 4.55. The Morgan fingerprint density at radius 3 is 2.86 bits per heavy atom. The van der Waals surface area contributed by atoms with Crippen molar-refractivity contribution in [3.63, 3.8) is 0 Å². The maximum atomic E-state index is 13.2. The van der Waals surface area contributed by atoms with Crippen molar-refractivity contribution in [1.29, 1.82) is 0 Å². The maximum Gasteiger partial charge on any atom is 0.256 e. The molecule has 0 saturated carbocycles. The molecule has 3 N–H and O–H groups in total. The number of thiophene rings is 1. The molecule has 0 radical (unpaired) electrons. The number of likely N-dealkylation sites (N-methyl/N-ethyl adjacent to an activating group) is 1. The van der Waals surface area contributed by atoms with Gasteiger partial charge in [-0.25, -0.2) is 0 Å². The molecule has 1 unspecified atom stereocenters. The lowest BCUT2D eigenvalue weighted by Crippen LogP contribution is -3.11. The first-order chi connectivity index (χ1) is 14.2. The van der Waals surface area contributed by atoms with Gasteiger partial charge in [0.1, 0.15) is 23.5 Å². The summed E-state index contributed by atoms with van der Waals surface area (Å²) < 4.78 is 5.94. The molecule has 29 heavy (non-hydrogen) atoms. The van der Waals surface area contributed by atoms with Crippen LogP contribution in [0.15, 0.2) is 36.4 Å². The van der Waals surface area contributed by atoms with Gasteiger partial charge in [-0.05, 0) is 36.2 Å². The predicted molar refractivity (Wildman–Crippen MR) is 117 cm³/mol. The molecule has 0 spiro atoms. The molecule has 3 aromatic rings. The van der Waals surface area contributed by atoms with Crippen LogP contribution in [0.5, 0.6) is 5.75 Å². The maximum absolute atomic E-state index is 13.2. The largest absolute Gasteiger partial charge is 0.493 e. The summed E-state index contributed by atoms with van der Waals surface area (Å²) in [4.78, 5) is 16.1. The van der Waals surface area contributed by atoms with Crippen molar-refractivity contribution in [1.82, 2.24) is 5.32 Å². The standard InChI is InChI=1S/C23H25N3O2S/c1-3-26-12-11-16-18(13-26)29-23-20(16)22(27)24-21(25-23)19-15-8-6-5-7-14(15)9-10-17(19)28-4-2/h5-10,21,25H,3-4,11-13H2,1-2H3,(H,24,27)/p+1/t21-/m1/s1. The first-order valence-corrected chi connectivity index (χ1v) is 11.2. The highest BCUT2D eigenvalue weighted by Gasteiger charge is 2.35. The quantitative estimate of drug-likeness (QED) is 0.622. The summed E-state index contributed by atoms with van der Waals surface area (Å²) in [6.07, 6.45) is 0.667. The van der Waals surface area contributed by atoms with Crippen LogP contribution in [0.3, 0.4) is 0 Å². The zero-order valence-electron chi connectivity index (χ0n) is 16.8. The monoisotopic (exact) mass is 408 g/mol. The number of ether oxygens (including phenoxy) is 1. The highest BCUT2D eigenvalue weighted by molar-refractivity contribution is 7.16. The SMILES string of the molecule is CCOc1ccc2ccccc2c1[C@@H]1NC(=O)c2c(sc3c2CC[NH+](CC)C3)N1. The smallest absolute Gasteiger partial charge is 0.256 e. The molecule has 0 aliphatic carbocycles. The summed E-state index contributed by atoms with van der Waals surface area (Å²) >= 11 is 1.75. The van der Waals surface area contributed by atoms with Gasteiger partial charge in [0.2, 0.25) is 0 Å². The average Bonchev–Trinajstić information content (AvgIpc) is 3.11. The first-order valence-electron chi connectivity index (χ1n) is 10.4. The number of nitrogens with one attached hydrogen (secondary N) is 3. The van der Waals surface area contributed by atoms with Crippen LogP contribution in [0.4, 0.5) is 5.00 Å². The van der Waals surface area contributed by atoms with Crippen molar-refractivity contribution in [3.8, 4) is 5.75 Å². The van der Waals surface area contributed by atoms with Gasteiger partial charge in [-0.15, -0.1) is 11.3 Å². The lowest BCUT2D eigenvalue weighted by atomic mass is 9.97. The van der Waals surface area contributed by atoms with Crippen LogP contribution in [-0.4, -0.2) is 25.6 Å². The molecule has 2 atom stereocenters. The summed E-state index contributed by atoms with van der Waals surface area (Å²) in [5, 5.41) is 10.1. The molecule has 0 fully saturated rings. The minimum atomic E-state index is -0.308. The van der Waals surface area contributed by atoms with Gasteiger partial charge in [0.25, 0.3) is 5.91 Å². The fourth-order valence-corrected chi connectivity index (χ4v) is 5.89. The minimum absolute atomic E-state index is 0.0246. The number of rotatable bonds is 4. The average molecular weight is 409 g/mol. The van der Waals surface area contributed by atoms with Crippen LogP contribution < -0.4 is 20.3 Å². The predicted octanol–water partition coefficient (Wildman–Crippen LogP) is 3.12. The minimum Gasteiger partial charge on any atom is -0.493 e. The molecule has 2 aliphatic rings. The molecule has 5 nitrogen and oxygen atoms in total. The molecule has 2 aromatic carbocycles. The molecule has 5 rings (SSSR count). The van der Waals surface area contributed by atoms with Gasteiger partial charge >= 0.3 is 0 Å². The van der Waals surface area contributed by atoms with Gasteiger partial charge in [0, 0.05) is 12.0 Å². The van der Waals surface area contributed by atoms with E-state index in [1.54, 1.807) is 16.2 Å². The van der Waals surface area contributed by atoms with Gasteiger partial charge in [0.05, 0.1) is 30.1 Å². The normalized spacial score (nSPS) is 20.6. The van der Waals surface area contributed by atoms with Crippen LogP contribution in [0, 0.1) is 0 Å². The lowest BCUT2D eigenvalue weighted by molar-refractivity contribution is -0.913. The molecule has 6 heteroatoms. The lowest BCUT2D eigenvalue weighted by Gasteiger charge is -2.29. The van der Waals surface area contributed by atoms with E-state index in [0.29, 0.717) is 6.61 Å². The summed E-state index contributed by atoms with van der Waals surface area (Å²) in [6, 6.07) is 12.3. The number of carbonyl (C=O) groups is 1. The van der Waals surface area contributed by atoms with E-state index < -0.39 is 0 Å². The molecule has 1 amide bonds. The summed E-state index contributed by atoms with van der Waals surface area (Å²) in [5.41, 5.74) is 3.10. The molecule has 2 aliphatic heterocycles. The zero-order chi connectivity index (χ0) is 20.0. The van der Waals surface area contributed by atoms with Crippen LogP contribution in [0.2, 0.25) is 0 Å². The van der Waals surface area contributed by atoms with Gasteiger partial charge < -0.3 is 20.3 Å². The topological polar surface area (TPSA) is 54.8 Å². The highest BCUT2D eigenvalue weighted by atomic mass is 32.1. The van der Waals surface area contributed by atoms with Crippen molar-refractivity contribution < 1.29 is 14.4 Å². The van der Waals surface area contributed by atoms with Crippen molar-refractivity contribution >= 4 is 33.0 Å². The van der Waals surface area contributed by atoms with Crippen LogP contribution >= 0.6 is 11.3 Å². The number of carbonyl (C=O) groups excluding carboxylic acids is 1. The number of amides is 1. The number of benzene rings is 2. The Hall–Kier alpha value is -2.57. The third kappa shape index (κ3) is 3.07. The fraction of sp³-hybridized carbons (Fsp3) is 0.348. The van der Waals surface area contributed by atoms with Crippen LogP contribution in [0.25, 0.3) is 10.8 Å². The van der Waals surface area contributed by atoms with Crippen molar-refractivity contribution in [2.24, 2.45) is 0 Å². The molecular formula is C23H26N3O2S+. The van der Waals surface area contributed by atoms with Gasteiger partial charge in [-0.1, -0.05) is 30.3 Å². The van der Waals surface area contributed by atoms with E-state index in [1.165, 1.54) is 10.4 Å². The Labute approximate surface area is 174 Å². The Morgan fingerprint density at radius 2 is 2.03 bits per heavy atom. The summed E-state index contributed by atoms with van der Waals surface area (Å²) in [7, 11) is 0. The Balaban J connectivity index is 1.58. The second-order valence-electron chi connectivity index (χ2n) is 7.67. The van der Waals surface area contributed by atoms with Crippen LogP contribution in [0.1, 0.15) is 46.4 Å². The van der Waals surface area contributed by atoms with E-state index in [-0.39, 0.29) is 12.1 Å². The van der Waals surface area contributed by atoms with Gasteiger partial charge in [0.15, 0.2) is 0 Å². The van der Waals surface area contributed by atoms with E-state index in [2.05, 4.69) is 35.8 Å². The zero-order valence-corrected chi connectivity index (χ0v) is 17.6. The summed E-state index contributed by atoms with van der Waals surface area (Å²) in [6.45, 7) is 8.03. The summed E-state index contributed by atoms with van der Waals surface area (Å²) in [5.74, 6) is 0.840. The Bertz CT molecular complexity index is 1090. The van der Waals surface area contributed by atoms with E-state index in [4.69, 9.17) is 4.74 Å². The highest BCUT2D eigenvalue weighted by Crippen LogP contribution is 2.42. The number of fused-ring (bicyclic) bond motifs is 4. The van der Waals surface area contributed by atoms with Crippen molar-refractivity contribution in [2.75, 3.05) is 25.0 Å². The number of hydrogen-bond donors (Lipinski definition) is 3. The van der Waals surface area contributed by atoms with E-state index in [1.807, 2.05) is 25.1 Å². The van der Waals surface area contributed by atoms with Crippen LogP contribution in [-0.2, 0) is 13.0 Å². The van der Waals surface area contributed by atoms with Crippen molar-refractivity contribution in [3.05, 3.63) is 58.0 Å². The second kappa shape index (κ2) is 7.35. The Morgan fingerprint density at radius 1 is 1.17 bits per heavy atom. The van der Waals surface area contributed by atoms with E-state index >= 15 is 0 Å². The molecular weight excluding hydrogens is 382 g/mol. The van der Waals surface area contributed by atoms with E-state index in [9.17, 15) is 4.79 Å². The molecule has 1 aromatic heterocycles. The molecule has 0 saturated heterocycles. The number of quaternary nitrogens is 1. The molecule has 3 heterocycles. The number of anilines is 1. The Kier molecular flexibility index (Phi) is 4.68. The molecule has 150 valence electrons. The third-order valence-corrected chi connectivity index (χ3v) is 7.19.